The Balaban J connectivity index is 1.44. The van der Waals surface area contributed by atoms with Crippen LogP contribution in [0, 0.1) is 5.92 Å². The maximum Gasteiger partial charge on any atom is 0.245 e. The van der Waals surface area contributed by atoms with Crippen LogP contribution in [0.2, 0.25) is 0 Å². The van der Waals surface area contributed by atoms with Crippen molar-refractivity contribution in [1.29, 1.82) is 0 Å². The van der Waals surface area contributed by atoms with E-state index in [0.717, 1.165) is 23.8 Å². The van der Waals surface area contributed by atoms with Crippen LogP contribution in [0.4, 0.5) is 0 Å². The Bertz CT molecular complexity index is 584. The van der Waals surface area contributed by atoms with Crippen LogP contribution < -0.4 is 15.4 Å². The highest BCUT2D eigenvalue weighted by Crippen LogP contribution is 2.27. The van der Waals surface area contributed by atoms with Crippen LogP contribution in [0.1, 0.15) is 24.8 Å². The van der Waals surface area contributed by atoms with Crippen molar-refractivity contribution >= 4 is 11.8 Å². The van der Waals surface area contributed by atoms with Gasteiger partial charge in [0.2, 0.25) is 11.8 Å². The quantitative estimate of drug-likeness (QED) is 0.743. The van der Waals surface area contributed by atoms with Gasteiger partial charge >= 0.3 is 0 Å². The normalized spacial score (nSPS) is 20.3. The zero-order valence-corrected chi connectivity index (χ0v) is 14.1. The second kappa shape index (κ2) is 7.66. The molecule has 1 unspecified atom stereocenters. The van der Waals surface area contributed by atoms with Gasteiger partial charge in [-0.1, -0.05) is 12.1 Å². The summed E-state index contributed by atoms with van der Waals surface area (Å²) in [4.78, 5) is 26.1. The predicted octanol–water partition coefficient (Wildman–Crippen LogP) is 0.912. The third-order valence-corrected chi connectivity index (χ3v) is 4.58. The lowest BCUT2D eigenvalue weighted by molar-refractivity contribution is -0.132. The first-order valence-electron chi connectivity index (χ1n) is 8.57. The van der Waals surface area contributed by atoms with Crippen LogP contribution in [-0.4, -0.2) is 49.5 Å². The number of carbonyl (C=O) groups excluding carboxylic acids is 2. The van der Waals surface area contributed by atoms with E-state index in [0.29, 0.717) is 26.1 Å². The van der Waals surface area contributed by atoms with Gasteiger partial charge in [-0.05, 0) is 49.4 Å². The standard InChI is InChI=1S/C18H25N3O3/c1-24-15-6-4-14(5-7-15)12-21-9-8-16(18(21)23)20-17(22)11-19-10-13-2-3-13/h4-7,13,16,19H,2-3,8-12H2,1H3,(H,20,22). The molecule has 0 bridgehead atoms. The van der Waals surface area contributed by atoms with Crippen LogP contribution >= 0.6 is 0 Å². The number of hydrogen-bond donors (Lipinski definition) is 2. The summed E-state index contributed by atoms with van der Waals surface area (Å²) in [5.41, 5.74) is 1.06. The number of likely N-dealkylation sites (tertiary alicyclic amines) is 1. The molecule has 1 saturated heterocycles. The van der Waals surface area contributed by atoms with Gasteiger partial charge in [-0.2, -0.15) is 0 Å². The van der Waals surface area contributed by atoms with Crippen LogP contribution in [-0.2, 0) is 16.1 Å². The highest BCUT2D eigenvalue weighted by molar-refractivity contribution is 5.89. The summed E-state index contributed by atoms with van der Waals surface area (Å²) in [5.74, 6) is 1.45. The molecular formula is C18H25N3O3. The average Bonchev–Trinajstić information content (AvgIpc) is 3.35. The van der Waals surface area contributed by atoms with Crippen LogP contribution in [0.15, 0.2) is 24.3 Å². The highest BCUT2D eigenvalue weighted by atomic mass is 16.5. The number of rotatable bonds is 8. The number of ether oxygens (including phenoxy) is 1. The minimum atomic E-state index is -0.390. The number of hydrogen-bond acceptors (Lipinski definition) is 4. The fourth-order valence-corrected chi connectivity index (χ4v) is 2.94. The molecule has 6 nitrogen and oxygen atoms in total. The van der Waals surface area contributed by atoms with Crippen LogP contribution in [0.3, 0.4) is 0 Å². The minimum Gasteiger partial charge on any atom is -0.497 e. The van der Waals surface area contributed by atoms with Gasteiger partial charge in [-0.3, -0.25) is 9.59 Å². The minimum absolute atomic E-state index is 0.00126. The molecule has 1 aromatic carbocycles. The van der Waals surface area contributed by atoms with E-state index < -0.39 is 6.04 Å². The van der Waals surface area contributed by atoms with Gasteiger partial charge in [0.1, 0.15) is 11.8 Å². The molecule has 2 aliphatic rings. The Morgan fingerprint density at radius 2 is 2.00 bits per heavy atom. The summed E-state index contributed by atoms with van der Waals surface area (Å²) in [7, 11) is 1.63. The summed E-state index contributed by atoms with van der Waals surface area (Å²) >= 11 is 0. The Hall–Kier alpha value is -2.08. The van der Waals surface area contributed by atoms with E-state index in [9.17, 15) is 9.59 Å². The van der Waals surface area contributed by atoms with Gasteiger partial charge in [0.25, 0.3) is 0 Å². The molecule has 24 heavy (non-hydrogen) atoms. The Morgan fingerprint density at radius 1 is 1.25 bits per heavy atom. The number of benzene rings is 1. The first-order valence-corrected chi connectivity index (χ1v) is 8.57. The third-order valence-electron chi connectivity index (χ3n) is 4.58. The highest BCUT2D eigenvalue weighted by Gasteiger charge is 2.32. The Labute approximate surface area is 142 Å². The number of amides is 2. The van der Waals surface area contributed by atoms with Crippen molar-refractivity contribution in [3.05, 3.63) is 29.8 Å². The van der Waals surface area contributed by atoms with E-state index in [1.54, 1.807) is 12.0 Å². The molecule has 1 aromatic rings. The van der Waals surface area contributed by atoms with Crippen molar-refractivity contribution in [3.63, 3.8) is 0 Å². The van der Waals surface area contributed by atoms with Crippen molar-refractivity contribution in [3.8, 4) is 5.75 Å². The summed E-state index contributed by atoms with van der Waals surface area (Å²) in [5, 5.41) is 5.99. The zero-order valence-electron chi connectivity index (χ0n) is 14.1. The molecule has 0 spiro atoms. The predicted molar refractivity (Wildman–Crippen MR) is 90.6 cm³/mol. The molecular weight excluding hydrogens is 306 g/mol. The van der Waals surface area contributed by atoms with E-state index >= 15 is 0 Å². The summed E-state index contributed by atoms with van der Waals surface area (Å²) in [6.07, 6.45) is 3.19. The van der Waals surface area contributed by atoms with Crippen LogP contribution in [0.25, 0.3) is 0 Å². The summed E-state index contributed by atoms with van der Waals surface area (Å²) in [6.45, 7) is 2.43. The number of methoxy groups -OCH3 is 1. The molecule has 3 rings (SSSR count). The molecule has 130 valence electrons. The first kappa shape index (κ1) is 16.8. The smallest absolute Gasteiger partial charge is 0.245 e. The third kappa shape index (κ3) is 4.47. The van der Waals surface area contributed by atoms with Crippen molar-refractivity contribution in [2.75, 3.05) is 26.7 Å². The van der Waals surface area contributed by atoms with Crippen molar-refractivity contribution in [2.24, 2.45) is 5.92 Å². The van der Waals surface area contributed by atoms with E-state index in [2.05, 4.69) is 10.6 Å². The fourth-order valence-electron chi connectivity index (χ4n) is 2.94. The maximum absolute atomic E-state index is 12.4. The lowest BCUT2D eigenvalue weighted by atomic mass is 10.2. The SMILES string of the molecule is COc1ccc(CN2CCC(NC(=O)CNCC3CC3)C2=O)cc1. The fraction of sp³-hybridized carbons (Fsp3) is 0.556. The first-order chi connectivity index (χ1) is 11.7. The van der Waals surface area contributed by atoms with Gasteiger partial charge in [-0.15, -0.1) is 0 Å². The van der Waals surface area contributed by atoms with Gasteiger partial charge in [0, 0.05) is 13.1 Å². The van der Waals surface area contributed by atoms with E-state index in [1.165, 1.54) is 12.8 Å². The summed E-state index contributed by atoms with van der Waals surface area (Å²) in [6, 6.07) is 7.31. The molecule has 1 aliphatic heterocycles. The lowest BCUT2D eigenvalue weighted by Crippen LogP contribution is -2.44. The molecule has 2 amide bonds. The topological polar surface area (TPSA) is 70.7 Å². The maximum atomic E-state index is 12.4. The van der Waals surface area contributed by atoms with Crippen LogP contribution in [0.5, 0.6) is 5.75 Å². The Kier molecular flexibility index (Phi) is 5.35. The molecule has 2 fully saturated rings. The Morgan fingerprint density at radius 3 is 2.67 bits per heavy atom. The van der Waals surface area contributed by atoms with Gasteiger partial charge in [0.05, 0.1) is 13.7 Å². The van der Waals surface area contributed by atoms with Crippen molar-refractivity contribution < 1.29 is 14.3 Å². The molecule has 0 aromatic heterocycles. The second-order valence-electron chi connectivity index (χ2n) is 6.59. The molecule has 1 aliphatic carbocycles. The largest absolute Gasteiger partial charge is 0.497 e. The molecule has 2 N–H and O–H groups in total. The molecule has 1 saturated carbocycles. The zero-order chi connectivity index (χ0) is 16.9. The van der Waals surface area contributed by atoms with Crippen molar-refractivity contribution in [2.45, 2.75) is 31.8 Å². The number of carbonyl (C=O) groups is 2. The molecule has 6 heteroatoms. The number of nitrogens with one attached hydrogen (secondary N) is 2. The van der Waals surface area contributed by atoms with E-state index in [1.807, 2.05) is 24.3 Å². The summed E-state index contributed by atoms with van der Waals surface area (Å²) < 4.78 is 5.14. The molecule has 1 heterocycles. The van der Waals surface area contributed by atoms with Gasteiger partial charge in [-0.25, -0.2) is 0 Å². The van der Waals surface area contributed by atoms with Gasteiger partial charge in [0.15, 0.2) is 0 Å². The second-order valence-corrected chi connectivity index (χ2v) is 6.59. The van der Waals surface area contributed by atoms with Crippen molar-refractivity contribution in [1.82, 2.24) is 15.5 Å². The monoisotopic (exact) mass is 331 g/mol. The average molecular weight is 331 g/mol. The lowest BCUT2D eigenvalue weighted by Gasteiger charge is -2.17. The molecule has 1 atom stereocenters. The van der Waals surface area contributed by atoms with E-state index in [4.69, 9.17) is 4.74 Å². The van der Waals surface area contributed by atoms with Gasteiger partial charge < -0.3 is 20.3 Å². The number of nitrogens with zero attached hydrogens (tertiary/aromatic N) is 1. The molecule has 0 radical (unpaired) electrons. The van der Waals surface area contributed by atoms with E-state index in [-0.39, 0.29) is 11.8 Å².